The number of hydrogen-bond acceptors (Lipinski definition) is 2. The average molecular weight is 392 g/mol. The lowest BCUT2D eigenvalue weighted by molar-refractivity contribution is -0.118. The normalized spacial score (nSPS) is 21.6. The van der Waals surface area contributed by atoms with E-state index in [0.29, 0.717) is 12.2 Å². The van der Waals surface area contributed by atoms with Crippen molar-refractivity contribution in [3.63, 3.8) is 0 Å². The number of amides is 2. The van der Waals surface area contributed by atoms with Gasteiger partial charge in [-0.25, -0.2) is 0 Å². The van der Waals surface area contributed by atoms with Gasteiger partial charge in [0.05, 0.1) is 0 Å². The third kappa shape index (κ3) is 4.29. The van der Waals surface area contributed by atoms with Crippen LogP contribution in [0.15, 0.2) is 54.1 Å². The molecule has 1 heterocycles. The van der Waals surface area contributed by atoms with Crippen molar-refractivity contribution in [3.8, 4) is 0 Å². The number of aromatic amines is 1. The third-order valence-electron chi connectivity index (χ3n) is 6.04. The summed E-state index contributed by atoms with van der Waals surface area (Å²) in [5.41, 5.74) is 2.38. The first-order valence-corrected chi connectivity index (χ1v) is 10.7. The summed E-state index contributed by atoms with van der Waals surface area (Å²) >= 11 is 0. The van der Waals surface area contributed by atoms with Crippen LogP contribution in [-0.4, -0.2) is 40.3 Å². The van der Waals surface area contributed by atoms with Gasteiger partial charge in [0.2, 0.25) is 0 Å². The highest BCUT2D eigenvalue weighted by Crippen LogP contribution is 2.26. The number of carbonyl (C=O) groups is 2. The molecule has 2 aliphatic carbocycles. The van der Waals surface area contributed by atoms with E-state index in [0.717, 1.165) is 55.0 Å². The molecule has 0 radical (unpaired) electrons. The first-order chi connectivity index (χ1) is 14.2. The predicted molar refractivity (Wildman–Crippen MR) is 116 cm³/mol. The largest absolute Gasteiger partial charge is 0.351 e. The maximum atomic E-state index is 13.2. The van der Waals surface area contributed by atoms with Gasteiger partial charge in [0.1, 0.15) is 5.69 Å². The molecule has 1 aromatic heterocycles. The second-order valence-electron chi connectivity index (χ2n) is 7.99. The van der Waals surface area contributed by atoms with Gasteiger partial charge in [0.25, 0.3) is 11.8 Å². The molecule has 2 unspecified atom stereocenters. The zero-order chi connectivity index (χ0) is 20.2. The summed E-state index contributed by atoms with van der Waals surface area (Å²) < 4.78 is 0. The van der Waals surface area contributed by atoms with Crippen LogP contribution in [0.1, 0.15) is 55.9 Å². The summed E-state index contributed by atoms with van der Waals surface area (Å²) in [5.74, 6) is 0.0511. The van der Waals surface area contributed by atoms with Gasteiger partial charge < -0.3 is 15.2 Å². The standard InChI is InChI=1S/C24H29N3O2/c1-2-27(24(29)22-15-18-11-6-7-14-21(18)26-22)20-13-8-12-19(16-20)25-23(28)17-9-4-3-5-10-17/h4,6-7,9-11,14-15,19-20,26H,2-3,5,8,12-13,16H2,1H3,(H,25,28). The smallest absolute Gasteiger partial charge is 0.270 e. The van der Waals surface area contributed by atoms with E-state index in [1.54, 1.807) is 0 Å². The van der Waals surface area contributed by atoms with Crippen molar-refractivity contribution in [3.05, 3.63) is 59.8 Å². The summed E-state index contributed by atoms with van der Waals surface area (Å²) in [6.07, 6.45) is 11.7. The van der Waals surface area contributed by atoms with E-state index in [4.69, 9.17) is 0 Å². The lowest BCUT2D eigenvalue weighted by Crippen LogP contribution is -2.48. The Bertz CT molecular complexity index is 923. The minimum absolute atomic E-state index is 0.0107. The van der Waals surface area contributed by atoms with Gasteiger partial charge in [-0.05, 0) is 57.6 Å². The molecule has 2 aromatic rings. The van der Waals surface area contributed by atoms with E-state index in [1.807, 2.05) is 54.3 Å². The fourth-order valence-electron chi connectivity index (χ4n) is 4.54. The first-order valence-electron chi connectivity index (χ1n) is 10.7. The Kier molecular flexibility index (Phi) is 5.84. The second-order valence-corrected chi connectivity index (χ2v) is 7.99. The SMILES string of the molecule is CCN(C(=O)c1cc2ccccc2[nH]1)C1CCCC(NC(=O)C2=CCCC=C2)C1. The summed E-state index contributed by atoms with van der Waals surface area (Å²) in [7, 11) is 0. The molecule has 1 saturated carbocycles. The molecule has 1 aromatic carbocycles. The quantitative estimate of drug-likeness (QED) is 0.797. The van der Waals surface area contributed by atoms with E-state index in [9.17, 15) is 9.59 Å². The van der Waals surface area contributed by atoms with Crippen molar-refractivity contribution >= 4 is 22.7 Å². The first kappa shape index (κ1) is 19.5. The van der Waals surface area contributed by atoms with Crippen molar-refractivity contribution in [1.29, 1.82) is 0 Å². The molecule has 5 nitrogen and oxygen atoms in total. The molecule has 152 valence electrons. The maximum Gasteiger partial charge on any atom is 0.270 e. The van der Waals surface area contributed by atoms with Crippen LogP contribution in [0.5, 0.6) is 0 Å². The topological polar surface area (TPSA) is 65.2 Å². The maximum absolute atomic E-state index is 13.2. The number of benzene rings is 1. The third-order valence-corrected chi connectivity index (χ3v) is 6.04. The predicted octanol–water partition coefficient (Wildman–Crippen LogP) is 4.33. The van der Waals surface area contributed by atoms with Crippen molar-refractivity contribution < 1.29 is 9.59 Å². The van der Waals surface area contributed by atoms with Crippen molar-refractivity contribution in [2.24, 2.45) is 0 Å². The van der Waals surface area contributed by atoms with E-state index in [2.05, 4.69) is 16.4 Å². The Labute approximate surface area is 171 Å². The van der Waals surface area contributed by atoms with Crippen LogP contribution in [0.25, 0.3) is 10.9 Å². The highest BCUT2D eigenvalue weighted by atomic mass is 16.2. The number of aromatic nitrogens is 1. The molecule has 0 bridgehead atoms. The molecule has 0 spiro atoms. The van der Waals surface area contributed by atoms with E-state index in [-0.39, 0.29) is 23.9 Å². The Balaban J connectivity index is 1.44. The molecule has 29 heavy (non-hydrogen) atoms. The number of rotatable bonds is 5. The number of fused-ring (bicyclic) bond motifs is 1. The zero-order valence-electron chi connectivity index (χ0n) is 17.0. The Morgan fingerprint density at radius 2 is 2.07 bits per heavy atom. The molecule has 0 saturated heterocycles. The molecule has 2 aliphatic rings. The monoisotopic (exact) mass is 391 g/mol. The number of allylic oxidation sites excluding steroid dienone is 2. The zero-order valence-corrected chi connectivity index (χ0v) is 17.0. The lowest BCUT2D eigenvalue weighted by Gasteiger charge is -2.37. The highest BCUT2D eigenvalue weighted by Gasteiger charge is 2.31. The average Bonchev–Trinajstić information content (AvgIpc) is 3.19. The molecule has 2 amide bonds. The molecular formula is C24H29N3O2. The van der Waals surface area contributed by atoms with Crippen LogP contribution < -0.4 is 5.32 Å². The molecule has 1 fully saturated rings. The van der Waals surface area contributed by atoms with Crippen molar-refractivity contribution in [2.45, 2.75) is 57.5 Å². The Morgan fingerprint density at radius 1 is 1.21 bits per heavy atom. The van der Waals surface area contributed by atoms with Crippen molar-refractivity contribution in [2.75, 3.05) is 6.54 Å². The van der Waals surface area contributed by atoms with Crippen LogP contribution in [0.3, 0.4) is 0 Å². The fourth-order valence-corrected chi connectivity index (χ4v) is 4.54. The van der Waals surface area contributed by atoms with Gasteiger partial charge >= 0.3 is 0 Å². The summed E-state index contributed by atoms with van der Waals surface area (Å²) in [4.78, 5) is 31.0. The number of nitrogens with zero attached hydrogens (tertiary/aromatic N) is 1. The molecule has 4 rings (SSSR count). The Hall–Kier alpha value is -2.82. The molecule has 2 N–H and O–H groups in total. The summed E-state index contributed by atoms with van der Waals surface area (Å²) in [6, 6.07) is 10.1. The molecule has 2 atom stereocenters. The molecule has 0 aliphatic heterocycles. The van der Waals surface area contributed by atoms with Gasteiger partial charge in [0.15, 0.2) is 0 Å². The lowest BCUT2D eigenvalue weighted by atomic mass is 9.89. The van der Waals surface area contributed by atoms with Gasteiger partial charge in [-0.3, -0.25) is 9.59 Å². The van der Waals surface area contributed by atoms with E-state index >= 15 is 0 Å². The second kappa shape index (κ2) is 8.68. The number of nitrogens with one attached hydrogen (secondary N) is 2. The van der Waals surface area contributed by atoms with Gasteiger partial charge in [-0.15, -0.1) is 0 Å². The van der Waals surface area contributed by atoms with Crippen LogP contribution in [0, 0.1) is 0 Å². The van der Waals surface area contributed by atoms with Crippen LogP contribution in [-0.2, 0) is 4.79 Å². The van der Waals surface area contributed by atoms with Crippen LogP contribution >= 0.6 is 0 Å². The summed E-state index contributed by atoms with van der Waals surface area (Å²) in [6.45, 7) is 2.69. The van der Waals surface area contributed by atoms with E-state index in [1.165, 1.54) is 0 Å². The van der Waals surface area contributed by atoms with Gasteiger partial charge in [-0.2, -0.15) is 0 Å². The highest BCUT2D eigenvalue weighted by molar-refractivity contribution is 5.98. The molecular weight excluding hydrogens is 362 g/mol. The van der Waals surface area contributed by atoms with Crippen molar-refractivity contribution in [1.82, 2.24) is 15.2 Å². The van der Waals surface area contributed by atoms with Gasteiger partial charge in [0, 0.05) is 35.1 Å². The van der Waals surface area contributed by atoms with Gasteiger partial charge in [-0.1, -0.05) is 36.4 Å². The fraction of sp³-hybridized carbons (Fsp3) is 0.417. The van der Waals surface area contributed by atoms with Crippen LogP contribution in [0.2, 0.25) is 0 Å². The number of H-pyrrole nitrogens is 1. The number of para-hydroxylation sites is 1. The minimum Gasteiger partial charge on any atom is -0.351 e. The van der Waals surface area contributed by atoms with Crippen LogP contribution in [0.4, 0.5) is 0 Å². The Morgan fingerprint density at radius 3 is 2.83 bits per heavy atom. The van der Waals surface area contributed by atoms with E-state index < -0.39 is 0 Å². The number of carbonyl (C=O) groups excluding carboxylic acids is 2. The minimum atomic E-state index is 0.0107. The molecule has 5 heteroatoms. The number of hydrogen-bond donors (Lipinski definition) is 2. The summed E-state index contributed by atoms with van der Waals surface area (Å²) in [5, 5.41) is 4.24.